The van der Waals surface area contributed by atoms with Gasteiger partial charge >= 0.3 is 12.0 Å². The fraction of sp³-hybridized carbons (Fsp3) is 0.429. The molecule has 0 aromatic heterocycles. The standard InChI is InChI=1S/C14H20N2O5/c1-21-12-5-3-2-4-10(12)6-8-15-14(20)16-11(7-9-17)13(18)19/h2-5,11,17H,6-9H2,1H3,(H,18,19)(H2,15,16,20)/t11-/m1/s1. The number of ether oxygens (including phenoxy) is 1. The van der Waals surface area contributed by atoms with E-state index in [0.717, 1.165) is 11.3 Å². The van der Waals surface area contributed by atoms with Gasteiger partial charge in [-0.3, -0.25) is 0 Å². The molecule has 1 aromatic carbocycles. The summed E-state index contributed by atoms with van der Waals surface area (Å²) in [5.74, 6) is -0.438. The smallest absolute Gasteiger partial charge is 0.326 e. The lowest BCUT2D eigenvalue weighted by atomic mass is 10.1. The Morgan fingerprint density at radius 1 is 1.33 bits per heavy atom. The Balaban J connectivity index is 2.41. The molecule has 0 bridgehead atoms. The summed E-state index contributed by atoms with van der Waals surface area (Å²) in [7, 11) is 1.57. The van der Waals surface area contributed by atoms with Crippen LogP contribution in [0.25, 0.3) is 0 Å². The van der Waals surface area contributed by atoms with Crippen LogP contribution in [0.5, 0.6) is 5.75 Å². The Kier molecular flexibility index (Phi) is 7.03. The molecule has 0 spiro atoms. The van der Waals surface area contributed by atoms with E-state index in [1.807, 2.05) is 24.3 Å². The number of carboxylic acids is 1. The molecule has 0 radical (unpaired) electrons. The summed E-state index contributed by atoms with van der Waals surface area (Å²) in [6.45, 7) is 0.0378. The number of aliphatic hydroxyl groups is 1. The van der Waals surface area contributed by atoms with Crippen LogP contribution >= 0.6 is 0 Å². The van der Waals surface area contributed by atoms with Crippen molar-refractivity contribution in [3.63, 3.8) is 0 Å². The maximum Gasteiger partial charge on any atom is 0.326 e. The van der Waals surface area contributed by atoms with E-state index in [-0.39, 0.29) is 13.0 Å². The summed E-state index contributed by atoms with van der Waals surface area (Å²) in [4.78, 5) is 22.4. The number of urea groups is 1. The van der Waals surface area contributed by atoms with Gasteiger partial charge in [-0.1, -0.05) is 18.2 Å². The minimum Gasteiger partial charge on any atom is -0.496 e. The van der Waals surface area contributed by atoms with E-state index < -0.39 is 18.0 Å². The van der Waals surface area contributed by atoms with Gasteiger partial charge in [-0.2, -0.15) is 0 Å². The second-order valence-corrected chi connectivity index (χ2v) is 4.37. The van der Waals surface area contributed by atoms with E-state index >= 15 is 0 Å². The second-order valence-electron chi connectivity index (χ2n) is 4.37. The molecule has 0 aliphatic carbocycles. The number of carboxylic acid groups (broad SMARTS) is 1. The number of carbonyl (C=O) groups is 2. The predicted octanol–water partition coefficient (Wildman–Crippen LogP) is 0.372. The normalized spacial score (nSPS) is 11.5. The highest BCUT2D eigenvalue weighted by Crippen LogP contribution is 2.17. The number of carbonyl (C=O) groups excluding carboxylic acids is 1. The fourth-order valence-electron chi connectivity index (χ4n) is 1.82. The van der Waals surface area contributed by atoms with Crippen LogP contribution in [-0.4, -0.2) is 48.5 Å². The monoisotopic (exact) mass is 296 g/mol. The average molecular weight is 296 g/mol. The highest BCUT2D eigenvalue weighted by molar-refractivity contribution is 5.82. The molecule has 0 fully saturated rings. The number of hydrogen-bond acceptors (Lipinski definition) is 4. The Labute approximate surface area is 122 Å². The van der Waals surface area contributed by atoms with Gasteiger partial charge in [0, 0.05) is 19.6 Å². The first-order valence-electron chi connectivity index (χ1n) is 6.58. The lowest BCUT2D eigenvalue weighted by Gasteiger charge is -2.14. The van der Waals surface area contributed by atoms with Crippen molar-refractivity contribution in [2.24, 2.45) is 0 Å². The van der Waals surface area contributed by atoms with E-state index in [1.165, 1.54) is 0 Å². The molecule has 0 aliphatic rings. The van der Waals surface area contributed by atoms with Crippen LogP contribution in [0.3, 0.4) is 0 Å². The van der Waals surface area contributed by atoms with Crippen molar-refractivity contribution >= 4 is 12.0 Å². The van der Waals surface area contributed by atoms with Crippen LogP contribution in [0.4, 0.5) is 4.79 Å². The molecule has 0 unspecified atom stereocenters. The third-order valence-electron chi connectivity index (χ3n) is 2.89. The lowest BCUT2D eigenvalue weighted by molar-refractivity contribution is -0.139. The molecule has 0 saturated carbocycles. The molecule has 1 rings (SSSR count). The van der Waals surface area contributed by atoms with Gasteiger partial charge in [0.25, 0.3) is 0 Å². The van der Waals surface area contributed by atoms with Gasteiger partial charge in [-0.15, -0.1) is 0 Å². The van der Waals surface area contributed by atoms with Crippen LogP contribution in [-0.2, 0) is 11.2 Å². The average Bonchev–Trinajstić information content (AvgIpc) is 2.47. The lowest BCUT2D eigenvalue weighted by Crippen LogP contribution is -2.46. The molecule has 0 heterocycles. The molecule has 116 valence electrons. The van der Waals surface area contributed by atoms with Crippen molar-refractivity contribution in [2.75, 3.05) is 20.3 Å². The van der Waals surface area contributed by atoms with Crippen LogP contribution in [0.2, 0.25) is 0 Å². The largest absolute Gasteiger partial charge is 0.496 e. The highest BCUT2D eigenvalue weighted by Gasteiger charge is 2.18. The van der Waals surface area contributed by atoms with Crippen molar-refractivity contribution < 1.29 is 24.5 Å². The summed E-state index contributed by atoms with van der Waals surface area (Å²) >= 11 is 0. The highest BCUT2D eigenvalue weighted by atomic mass is 16.5. The predicted molar refractivity (Wildman–Crippen MR) is 76.4 cm³/mol. The van der Waals surface area contributed by atoms with Gasteiger partial charge in [0.15, 0.2) is 0 Å². The topological polar surface area (TPSA) is 108 Å². The summed E-state index contributed by atoms with van der Waals surface area (Å²) in [6, 6.07) is 5.78. The molecule has 0 saturated heterocycles. The molecule has 4 N–H and O–H groups in total. The SMILES string of the molecule is COc1ccccc1CCNC(=O)N[C@H](CCO)C(=O)O. The Bertz CT molecular complexity index is 478. The fourth-order valence-corrected chi connectivity index (χ4v) is 1.82. The number of para-hydroxylation sites is 1. The zero-order valence-corrected chi connectivity index (χ0v) is 11.8. The molecule has 1 aromatic rings. The van der Waals surface area contributed by atoms with E-state index in [2.05, 4.69) is 10.6 Å². The number of methoxy groups -OCH3 is 1. The van der Waals surface area contributed by atoms with Crippen molar-refractivity contribution in [2.45, 2.75) is 18.9 Å². The molecule has 2 amide bonds. The maximum atomic E-state index is 11.6. The number of amides is 2. The molecular weight excluding hydrogens is 276 g/mol. The van der Waals surface area contributed by atoms with Crippen molar-refractivity contribution in [3.05, 3.63) is 29.8 Å². The number of aliphatic carboxylic acids is 1. The van der Waals surface area contributed by atoms with Gasteiger partial charge < -0.3 is 25.6 Å². The van der Waals surface area contributed by atoms with Gasteiger partial charge in [0.1, 0.15) is 11.8 Å². The number of nitrogens with one attached hydrogen (secondary N) is 2. The number of rotatable bonds is 8. The van der Waals surface area contributed by atoms with Crippen LogP contribution < -0.4 is 15.4 Å². The third-order valence-corrected chi connectivity index (χ3v) is 2.89. The third kappa shape index (κ3) is 5.70. The first kappa shape index (κ1) is 16.8. The van der Waals surface area contributed by atoms with E-state index in [0.29, 0.717) is 13.0 Å². The summed E-state index contributed by atoms with van der Waals surface area (Å²) in [5, 5.41) is 22.5. The summed E-state index contributed by atoms with van der Waals surface area (Å²) in [6.07, 6.45) is 0.532. The zero-order chi connectivity index (χ0) is 15.7. The van der Waals surface area contributed by atoms with E-state index in [9.17, 15) is 9.59 Å². The minimum absolute atomic E-state index is 0.0325. The quantitative estimate of drug-likeness (QED) is 0.554. The zero-order valence-electron chi connectivity index (χ0n) is 11.8. The van der Waals surface area contributed by atoms with Crippen molar-refractivity contribution in [1.82, 2.24) is 10.6 Å². The Morgan fingerprint density at radius 3 is 2.67 bits per heavy atom. The van der Waals surface area contributed by atoms with Crippen LogP contribution in [0.1, 0.15) is 12.0 Å². The number of aliphatic hydroxyl groups excluding tert-OH is 1. The number of hydrogen-bond donors (Lipinski definition) is 4. The Morgan fingerprint density at radius 2 is 2.05 bits per heavy atom. The van der Waals surface area contributed by atoms with Crippen molar-refractivity contribution in [1.29, 1.82) is 0 Å². The molecule has 7 nitrogen and oxygen atoms in total. The van der Waals surface area contributed by atoms with Crippen molar-refractivity contribution in [3.8, 4) is 5.75 Å². The molecule has 7 heteroatoms. The van der Waals surface area contributed by atoms with Crippen LogP contribution in [0, 0.1) is 0 Å². The second kappa shape index (κ2) is 8.80. The van der Waals surface area contributed by atoms with E-state index in [4.69, 9.17) is 14.9 Å². The summed E-state index contributed by atoms with van der Waals surface area (Å²) < 4.78 is 5.20. The molecule has 21 heavy (non-hydrogen) atoms. The molecule has 0 aliphatic heterocycles. The number of benzene rings is 1. The Hall–Kier alpha value is -2.28. The summed E-state index contributed by atoms with van der Waals surface area (Å²) in [5.41, 5.74) is 0.949. The van der Waals surface area contributed by atoms with E-state index in [1.54, 1.807) is 7.11 Å². The molecular formula is C14H20N2O5. The van der Waals surface area contributed by atoms with Gasteiger partial charge in [-0.25, -0.2) is 9.59 Å². The maximum absolute atomic E-state index is 11.6. The first-order chi connectivity index (χ1) is 10.1. The minimum atomic E-state index is -1.18. The molecule has 1 atom stereocenters. The van der Waals surface area contributed by atoms with Gasteiger partial charge in [0.05, 0.1) is 7.11 Å². The van der Waals surface area contributed by atoms with Gasteiger partial charge in [0.2, 0.25) is 0 Å². The van der Waals surface area contributed by atoms with Crippen LogP contribution in [0.15, 0.2) is 24.3 Å². The first-order valence-corrected chi connectivity index (χ1v) is 6.58. The van der Waals surface area contributed by atoms with Gasteiger partial charge in [-0.05, 0) is 18.1 Å².